The third kappa shape index (κ3) is 2.67. The van der Waals surface area contributed by atoms with Gasteiger partial charge in [-0.15, -0.1) is 0 Å². The molecule has 0 amide bonds. The molecule has 4 nitrogen and oxygen atoms in total. The van der Waals surface area contributed by atoms with E-state index in [1.54, 1.807) is 6.20 Å². The first kappa shape index (κ1) is 10.4. The highest BCUT2D eigenvalue weighted by molar-refractivity contribution is 7.78. The highest BCUT2D eigenvalue weighted by Gasteiger charge is 2.16. The van der Waals surface area contributed by atoms with Crippen LogP contribution in [0.5, 0.6) is 0 Å². The van der Waals surface area contributed by atoms with Gasteiger partial charge in [-0.25, -0.2) is 0 Å². The number of pyridine rings is 1. The second-order valence-corrected chi connectivity index (χ2v) is 3.39. The Labute approximate surface area is 93.4 Å². The number of nitrogens with one attached hydrogen (secondary N) is 1. The van der Waals surface area contributed by atoms with Gasteiger partial charge in [0.1, 0.15) is 6.10 Å². The summed E-state index contributed by atoms with van der Waals surface area (Å²) in [6.07, 6.45) is 1.72. The number of rotatable bonds is 2. The van der Waals surface area contributed by atoms with E-state index in [9.17, 15) is 0 Å². The van der Waals surface area contributed by atoms with Crippen LogP contribution in [0.3, 0.4) is 0 Å². The summed E-state index contributed by atoms with van der Waals surface area (Å²) in [5, 5.41) is 5.56. The molecular formula is C10H11N3OS. The largest absolute Gasteiger partial charge is 0.369 e. The number of nitrogens with zero attached hydrogens (tertiary/aromatic N) is 2. The van der Waals surface area contributed by atoms with E-state index in [0.29, 0.717) is 0 Å². The predicted molar refractivity (Wildman–Crippen MR) is 60.5 cm³/mol. The van der Waals surface area contributed by atoms with Crippen LogP contribution in [-0.4, -0.2) is 29.8 Å². The minimum Gasteiger partial charge on any atom is -0.369 e. The number of aromatic nitrogens is 1. The SMILES string of the molecule is S=C=Nc1ccc(C2CNCCO2)nc1. The average molecular weight is 221 g/mol. The maximum atomic E-state index is 5.57. The summed E-state index contributed by atoms with van der Waals surface area (Å²) in [5.74, 6) is 0. The quantitative estimate of drug-likeness (QED) is 0.607. The normalized spacial score (nSPS) is 20.7. The molecule has 0 aromatic carbocycles. The number of ether oxygens (including phenoxy) is 1. The molecule has 1 aromatic heterocycles. The third-order valence-corrected chi connectivity index (χ3v) is 2.29. The van der Waals surface area contributed by atoms with Crippen molar-refractivity contribution in [2.75, 3.05) is 19.7 Å². The van der Waals surface area contributed by atoms with Crippen LogP contribution in [0.4, 0.5) is 5.69 Å². The van der Waals surface area contributed by atoms with Gasteiger partial charge in [-0.2, -0.15) is 4.99 Å². The number of hydrogen-bond acceptors (Lipinski definition) is 5. The molecule has 1 saturated heterocycles. The molecule has 0 spiro atoms. The number of morpholine rings is 1. The zero-order chi connectivity index (χ0) is 10.5. The maximum Gasteiger partial charge on any atom is 0.112 e. The van der Waals surface area contributed by atoms with Gasteiger partial charge >= 0.3 is 0 Å². The van der Waals surface area contributed by atoms with Crippen molar-refractivity contribution in [1.82, 2.24) is 10.3 Å². The van der Waals surface area contributed by atoms with Gasteiger partial charge in [-0.3, -0.25) is 4.98 Å². The second-order valence-electron chi connectivity index (χ2n) is 3.21. The lowest BCUT2D eigenvalue weighted by Gasteiger charge is -2.22. The smallest absolute Gasteiger partial charge is 0.112 e. The Morgan fingerprint density at radius 3 is 3.13 bits per heavy atom. The van der Waals surface area contributed by atoms with Gasteiger partial charge in [0.15, 0.2) is 0 Å². The number of isothiocyanates is 1. The molecule has 2 rings (SSSR count). The van der Waals surface area contributed by atoms with Gasteiger partial charge in [0.25, 0.3) is 0 Å². The zero-order valence-electron chi connectivity index (χ0n) is 8.14. The summed E-state index contributed by atoms with van der Waals surface area (Å²) in [7, 11) is 0. The average Bonchev–Trinajstić information content (AvgIpc) is 2.32. The van der Waals surface area contributed by atoms with Crippen LogP contribution in [-0.2, 0) is 4.74 Å². The first-order chi connectivity index (χ1) is 7.40. The first-order valence-electron chi connectivity index (χ1n) is 4.76. The lowest BCUT2D eigenvalue weighted by atomic mass is 10.2. The fraction of sp³-hybridized carbons (Fsp3) is 0.400. The van der Waals surface area contributed by atoms with Crippen molar-refractivity contribution in [3.05, 3.63) is 24.0 Å². The van der Waals surface area contributed by atoms with E-state index in [1.807, 2.05) is 12.1 Å². The van der Waals surface area contributed by atoms with E-state index >= 15 is 0 Å². The molecule has 1 aliphatic rings. The van der Waals surface area contributed by atoms with E-state index in [-0.39, 0.29) is 6.10 Å². The van der Waals surface area contributed by atoms with E-state index in [4.69, 9.17) is 4.74 Å². The summed E-state index contributed by atoms with van der Waals surface area (Å²) in [4.78, 5) is 8.11. The van der Waals surface area contributed by atoms with Crippen LogP contribution in [0.15, 0.2) is 23.3 Å². The molecule has 2 heterocycles. The second kappa shape index (κ2) is 5.09. The van der Waals surface area contributed by atoms with Crippen molar-refractivity contribution >= 4 is 23.1 Å². The van der Waals surface area contributed by atoms with Crippen molar-refractivity contribution in [1.29, 1.82) is 0 Å². The third-order valence-electron chi connectivity index (χ3n) is 2.20. The van der Waals surface area contributed by atoms with E-state index < -0.39 is 0 Å². The Bertz CT molecular complexity index is 367. The van der Waals surface area contributed by atoms with Gasteiger partial charge in [0, 0.05) is 13.1 Å². The van der Waals surface area contributed by atoms with Crippen LogP contribution in [0.25, 0.3) is 0 Å². The van der Waals surface area contributed by atoms with Gasteiger partial charge in [-0.1, -0.05) is 0 Å². The molecule has 5 heteroatoms. The minimum atomic E-state index is 0.0456. The van der Waals surface area contributed by atoms with Crippen LogP contribution >= 0.6 is 12.2 Å². The van der Waals surface area contributed by atoms with E-state index in [0.717, 1.165) is 31.1 Å². The van der Waals surface area contributed by atoms with Gasteiger partial charge in [0.2, 0.25) is 0 Å². The van der Waals surface area contributed by atoms with Gasteiger partial charge < -0.3 is 10.1 Å². The predicted octanol–water partition coefficient (Wildman–Crippen LogP) is 1.48. The fourth-order valence-electron chi connectivity index (χ4n) is 1.46. The number of aliphatic imine (C=N–C) groups is 1. The zero-order valence-corrected chi connectivity index (χ0v) is 8.96. The molecular weight excluding hydrogens is 210 g/mol. The molecule has 1 aromatic rings. The molecule has 1 N–H and O–H groups in total. The van der Waals surface area contributed by atoms with Crippen molar-refractivity contribution in [2.45, 2.75) is 6.10 Å². The Kier molecular flexibility index (Phi) is 3.53. The monoisotopic (exact) mass is 221 g/mol. The van der Waals surface area contributed by atoms with Gasteiger partial charge in [-0.05, 0) is 24.4 Å². The fourth-order valence-corrected chi connectivity index (χ4v) is 1.57. The number of thiocarbonyl (C=S) groups is 1. The minimum absolute atomic E-state index is 0.0456. The van der Waals surface area contributed by atoms with E-state index in [2.05, 4.69) is 32.7 Å². The first-order valence-corrected chi connectivity index (χ1v) is 5.17. The van der Waals surface area contributed by atoms with Gasteiger partial charge in [0.05, 0.1) is 29.3 Å². The molecule has 0 bridgehead atoms. The highest BCUT2D eigenvalue weighted by Crippen LogP contribution is 2.18. The molecule has 0 saturated carbocycles. The molecule has 0 aliphatic carbocycles. The van der Waals surface area contributed by atoms with Crippen molar-refractivity contribution < 1.29 is 4.74 Å². The summed E-state index contributed by atoms with van der Waals surface area (Å²) in [5.41, 5.74) is 1.64. The summed E-state index contributed by atoms with van der Waals surface area (Å²) in [6.45, 7) is 2.44. The molecule has 1 fully saturated rings. The molecule has 78 valence electrons. The summed E-state index contributed by atoms with van der Waals surface area (Å²) in [6, 6.07) is 3.77. The van der Waals surface area contributed by atoms with Crippen molar-refractivity contribution in [3.8, 4) is 0 Å². The molecule has 15 heavy (non-hydrogen) atoms. The Morgan fingerprint density at radius 2 is 2.53 bits per heavy atom. The Balaban J connectivity index is 2.11. The Hall–Kier alpha value is -1.13. The van der Waals surface area contributed by atoms with Crippen LogP contribution in [0.1, 0.15) is 11.8 Å². The van der Waals surface area contributed by atoms with Crippen LogP contribution < -0.4 is 5.32 Å². The Morgan fingerprint density at radius 1 is 1.60 bits per heavy atom. The molecule has 1 atom stereocenters. The summed E-state index contributed by atoms with van der Waals surface area (Å²) >= 11 is 4.51. The highest BCUT2D eigenvalue weighted by atomic mass is 32.1. The van der Waals surface area contributed by atoms with Crippen molar-refractivity contribution in [2.24, 2.45) is 4.99 Å². The number of hydrogen-bond donors (Lipinski definition) is 1. The van der Waals surface area contributed by atoms with E-state index in [1.165, 1.54) is 0 Å². The molecule has 0 radical (unpaired) electrons. The molecule has 1 aliphatic heterocycles. The summed E-state index contributed by atoms with van der Waals surface area (Å²) < 4.78 is 5.57. The maximum absolute atomic E-state index is 5.57. The van der Waals surface area contributed by atoms with Crippen LogP contribution in [0.2, 0.25) is 0 Å². The standard InChI is InChI=1S/C10H11N3OS/c15-7-13-8-1-2-9(12-5-8)10-6-11-3-4-14-10/h1-2,5,10-11H,3-4,6H2. The lowest BCUT2D eigenvalue weighted by molar-refractivity contribution is 0.0250. The van der Waals surface area contributed by atoms with Crippen molar-refractivity contribution in [3.63, 3.8) is 0 Å². The topological polar surface area (TPSA) is 46.5 Å². The van der Waals surface area contributed by atoms with Crippen LogP contribution in [0, 0.1) is 0 Å². The molecule has 1 unspecified atom stereocenters. The lowest BCUT2D eigenvalue weighted by Crippen LogP contribution is -2.33.